The number of methoxy groups -OCH3 is 1. The van der Waals surface area contributed by atoms with Crippen LogP contribution in [0.1, 0.15) is 11.5 Å². The third kappa shape index (κ3) is 3.56. The van der Waals surface area contributed by atoms with Crippen LogP contribution < -0.4 is 20.7 Å². The third-order valence-electron chi connectivity index (χ3n) is 4.05. The number of ether oxygens (including phenoxy) is 1. The zero-order chi connectivity index (χ0) is 18.7. The average Bonchev–Trinajstić information content (AvgIpc) is 2.95. The molecule has 0 aliphatic carbocycles. The number of hydrogen-bond donors (Lipinski definition) is 3. The molecule has 9 heteroatoms. The first-order valence-electron chi connectivity index (χ1n) is 7.77. The van der Waals surface area contributed by atoms with Crippen molar-refractivity contribution in [2.75, 3.05) is 19.0 Å². The highest BCUT2D eigenvalue weighted by molar-refractivity contribution is 5.95. The van der Waals surface area contributed by atoms with E-state index in [1.807, 2.05) is 0 Å². The van der Waals surface area contributed by atoms with Crippen molar-refractivity contribution in [2.24, 2.45) is 0 Å². The van der Waals surface area contributed by atoms with Gasteiger partial charge in [-0.2, -0.15) is 0 Å². The summed E-state index contributed by atoms with van der Waals surface area (Å²) >= 11 is 0. The summed E-state index contributed by atoms with van der Waals surface area (Å²) in [5, 5.41) is 7.48. The van der Waals surface area contributed by atoms with Crippen LogP contribution in [0.3, 0.4) is 0 Å². The molecule has 0 radical (unpaired) electrons. The second-order valence-corrected chi connectivity index (χ2v) is 5.67. The van der Waals surface area contributed by atoms with Gasteiger partial charge in [0.2, 0.25) is 5.91 Å². The van der Waals surface area contributed by atoms with Gasteiger partial charge in [-0.3, -0.25) is 9.78 Å². The molecular weight excluding hydrogens is 346 g/mol. The predicted octanol–water partition coefficient (Wildman–Crippen LogP) is 1.77. The minimum Gasteiger partial charge on any atom is -0.497 e. The zero-order valence-electron chi connectivity index (χ0n) is 13.8. The number of amides is 3. The van der Waals surface area contributed by atoms with Crippen LogP contribution >= 0.6 is 0 Å². The number of hydrogen-bond acceptors (Lipinski definition) is 4. The highest BCUT2D eigenvalue weighted by Crippen LogP contribution is 2.31. The number of anilines is 1. The van der Waals surface area contributed by atoms with Crippen LogP contribution in [-0.2, 0) is 4.79 Å². The van der Waals surface area contributed by atoms with Gasteiger partial charge < -0.3 is 20.7 Å². The quantitative estimate of drug-likeness (QED) is 0.773. The van der Waals surface area contributed by atoms with E-state index in [0.29, 0.717) is 5.69 Å². The molecule has 3 amide bonds. The standard InChI is InChI=1S/C17H16F2N4O3/c1-26-10-5-12(18)14(13(19)6-10)11-8-21-16(24)15(11)23-17(25)22-9-3-2-4-20-7-9/h2-7,11,15H,8H2,1H3,(H,21,24)(H2,22,23,25)/t11-,15-/m0/s1. The molecule has 2 heterocycles. The molecule has 3 N–H and O–H groups in total. The van der Waals surface area contributed by atoms with Crippen molar-refractivity contribution < 1.29 is 23.1 Å². The van der Waals surface area contributed by atoms with Crippen LogP contribution in [-0.4, -0.2) is 36.6 Å². The lowest BCUT2D eigenvalue weighted by Gasteiger charge is -2.20. The number of nitrogens with zero attached hydrogens (tertiary/aromatic N) is 1. The Kier molecular flexibility index (Phi) is 4.97. The number of rotatable bonds is 4. The van der Waals surface area contributed by atoms with Crippen molar-refractivity contribution in [3.05, 3.63) is 53.9 Å². The van der Waals surface area contributed by atoms with E-state index in [-0.39, 0.29) is 17.9 Å². The van der Waals surface area contributed by atoms with E-state index in [0.717, 1.165) is 12.1 Å². The predicted molar refractivity (Wildman–Crippen MR) is 88.8 cm³/mol. The summed E-state index contributed by atoms with van der Waals surface area (Å²) in [4.78, 5) is 28.0. The molecule has 136 valence electrons. The fourth-order valence-electron chi connectivity index (χ4n) is 2.83. The van der Waals surface area contributed by atoms with Gasteiger partial charge in [-0.25, -0.2) is 13.6 Å². The Hall–Kier alpha value is -3.23. The molecule has 1 fully saturated rings. The minimum absolute atomic E-state index is 0.00313. The van der Waals surface area contributed by atoms with Crippen molar-refractivity contribution in [3.8, 4) is 5.75 Å². The van der Waals surface area contributed by atoms with Crippen LogP contribution in [0, 0.1) is 11.6 Å². The lowest BCUT2D eigenvalue weighted by atomic mass is 9.93. The van der Waals surface area contributed by atoms with Gasteiger partial charge in [-0.15, -0.1) is 0 Å². The Morgan fingerprint density at radius 1 is 1.35 bits per heavy atom. The monoisotopic (exact) mass is 362 g/mol. The minimum atomic E-state index is -1.12. The molecule has 0 spiro atoms. The van der Waals surface area contributed by atoms with Crippen LogP contribution in [0.15, 0.2) is 36.7 Å². The molecule has 0 bridgehead atoms. The molecule has 1 saturated heterocycles. The van der Waals surface area contributed by atoms with E-state index in [2.05, 4.69) is 20.9 Å². The SMILES string of the molecule is COc1cc(F)c([C@@H]2CNC(=O)[C@H]2NC(=O)Nc2cccnc2)c(F)c1. The van der Waals surface area contributed by atoms with Gasteiger partial charge >= 0.3 is 6.03 Å². The van der Waals surface area contributed by atoms with E-state index in [4.69, 9.17) is 4.74 Å². The van der Waals surface area contributed by atoms with Gasteiger partial charge in [0.25, 0.3) is 0 Å². The van der Waals surface area contributed by atoms with Crippen molar-refractivity contribution in [2.45, 2.75) is 12.0 Å². The highest BCUT2D eigenvalue weighted by atomic mass is 19.1. The van der Waals surface area contributed by atoms with E-state index in [1.165, 1.54) is 13.3 Å². The summed E-state index contributed by atoms with van der Waals surface area (Å²) in [6.07, 6.45) is 2.97. The summed E-state index contributed by atoms with van der Waals surface area (Å²) in [5.41, 5.74) is 0.137. The Morgan fingerprint density at radius 3 is 2.69 bits per heavy atom. The molecular formula is C17H16F2N4O3. The van der Waals surface area contributed by atoms with Gasteiger partial charge in [0.1, 0.15) is 23.4 Å². The third-order valence-corrected chi connectivity index (χ3v) is 4.05. The number of urea groups is 1. The van der Waals surface area contributed by atoms with Crippen LogP contribution in [0.5, 0.6) is 5.75 Å². The number of nitrogens with one attached hydrogen (secondary N) is 3. The fraction of sp³-hybridized carbons (Fsp3) is 0.235. The number of benzene rings is 1. The number of carbonyl (C=O) groups is 2. The van der Waals surface area contributed by atoms with E-state index in [1.54, 1.807) is 18.3 Å². The average molecular weight is 362 g/mol. The Balaban J connectivity index is 1.80. The normalized spacial score (nSPS) is 19.0. The first kappa shape index (κ1) is 17.6. The molecule has 1 aliphatic heterocycles. The van der Waals surface area contributed by atoms with Gasteiger partial charge in [0.15, 0.2) is 0 Å². The summed E-state index contributed by atoms with van der Waals surface area (Å²) in [5.74, 6) is -3.08. The van der Waals surface area contributed by atoms with Crippen LogP contribution in [0.25, 0.3) is 0 Å². The zero-order valence-corrected chi connectivity index (χ0v) is 13.8. The van der Waals surface area contributed by atoms with Crippen LogP contribution in [0.4, 0.5) is 19.3 Å². The smallest absolute Gasteiger partial charge is 0.319 e. The van der Waals surface area contributed by atoms with Gasteiger partial charge in [-0.1, -0.05) is 0 Å². The Bertz CT molecular complexity index is 809. The van der Waals surface area contributed by atoms with Crippen molar-refractivity contribution in [1.29, 1.82) is 0 Å². The molecule has 3 rings (SSSR count). The number of pyridine rings is 1. The van der Waals surface area contributed by atoms with E-state index < -0.39 is 35.5 Å². The Labute approximate surface area is 147 Å². The topological polar surface area (TPSA) is 92.4 Å². The molecule has 7 nitrogen and oxygen atoms in total. The maximum atomic E-state index is 14.3. The summed E-state index contributed by atoms with van der Waals surface area (Å²) in [7, 11) is 1.29. The maximum Gasteiger partial charge on any atom is 0.319 e. The second-order valence-electron chi connectivity index (χ2n) is 5.67. The molecule has 26 heavy (non-hydrogen) atoms. The first-order chi connectivity index (χ1) is 12.5. The molecule has 2 atom stereocenters. The fourth-order valence-corrected chi connectivity index (χ4v) is 2.83. The van der Waals surface area contributed by atoms with Gasteiger partial charge in [0, 0.05) is 36.4 Å². The molecule has 2 aromatic rings. The largest absolute Gasteiger partial charge is 0.497 e. The summed E-state index contributed by atoms with van der Waals surface area (Å²) in [6, 6.07) is 3.51. The van der Waals surface area contributed by atoms with E-state index >= 15 is 0 Å². The molecule has 1 aromatic heterocycles. The Morgan fingerprint density at radius 2 is 2.08 bits per heavy atom. The van der Waals surface area contributed by atoms with E-state index in [9.17, 15) is 18.4 Å². The second kappa shape index (κ2) is 7.34. The van der Waals surface area contributed by atoms with Crippen LogP contribution in [0.2, 0.25) is 0 Å². The molecule has 0 saturated carbocycles. The number of aromatic nitrogens is 1. The molecule has 1 aliphatic rings. The molecule has 1 aromatic carbocycles. The first-order valence-corrected chi connectivity index (χ1v) is 7.77. The maximum absolute atomic E-state index is 14.3. The van der Waals surface area contributed by atoms with Crippen molar-refractivity contribution in [1.82, 2.24) is 15.6 Å². The van der Waals surface area contributed by atoms with Crippen molar-refractivity contribution in [3.63, 3.8) is 0 Å². The summed E-state index contributed by atoms with van der Waals surface area (Å²) < 4.78 is 33.5. The lowest BCUT2D eigenvalue weighted by molar-refractivity contribution is -0.120. The van der Waals surface area contributed by atoms with Gasteiger partial charge in [-0.05, 0) is 12.1 Å². The molecule has 0 unspecified atom stereocenters. The van der Waals surface area contributed by atoms with Crippen molar-refractivity contribution >= 4 is 17.6 Å². The number of carbonyl (C=O) groups excluding carboxylic acids is 2. The number of halogens is 2. The lowest BCUT2D eigenvalue weighted by Crippen LogP contribution is -2.45. The van der Waals surface area contributed by atoms with Gasteiger partial charge in [0.05, 0.1) is 19.0 Å². The summed E-state index contributed by atoms with van der Waals surface area (Å²) in [6.45, 7) is -0.00313. The highest BCUT2D eigenvalue weighted by Gasteiger charge is 2.40.